The Labute approximate surface area is 122 Å². The summed E-state index contributed by atoms with van der Waals surface area (Å²) in [5.41, 5.74) is 0.924. The summed E-state index contributed by atoms with van der Waals surface area (Å²) in [7, 11) is 3.21. The van der Waals surface area contributed by atoms with Crippen LogP contribution in [0.5, 0.6) is 11.5 Å². The van der Waals surface area contributed by atoms with Crippen molar-refractivity contribution in [3.05, 3.63) is 23.8 Å². The zero-order chi connectivity index (χ0) is 14.4. The van der Waals surface area contributed by atoms with Crippen molar-refractivity contribution in [3.63, 3.8) is 0 Å². The van der Waals surface area contributed by atoms with E-state index in [2.05, 4.69) is 21.2 Å². The highest BCUT2D eigenvalue weighted by Gasteiger charge is 2.18. The average Bonchev–Trinajstić information content (AvgIpc) is 2.45. The highest BCUT2D eigenvalue weighted by molar-refractivity contribution is 9.10. The first kappa shape index (κ1) is 15.8. The molecule has 1 amide bonds. The maximum atomic E-state index is 11.9. The molecule has 1 rings (SSSR count). The summed E-state index contributed by atoms with van der Waals surface area (Å²) in [6.45, 7) is 3.88. The van der Waals surface area contributed by atoms with Crippen molar-refractivity contribution >= 4 is 21.8 Å². The van der Waals surface area contributed by atoms with Crippen molar-refractivity contribution in [2.24, 2.45) is 0 Å². The maximum Gasteiger partial charge on any atom is 0.234 e. The largest absolute Gasteiger partial charge is 0.497 e. The Morgan fingerprint density at radius 2 is 2.05 bits per heavy atom. The van der Waals surface area contributed by atoms with Gasteiger partial charge < -0.3 is 14.8 Å². The Hall–Kier alpha value is -1.23. The molecule has 0 saturated carbocycles. The fourth-order valence-electron chi connectivity index (χ4n) is 1.74. The van der Waals surface area contributed by atoms with E-state index < -0.39 is 0 Å². The molecule has 4 nitrogen and oxygen atoms in total. The zero-order valence-corrected chi connectivity index (χ0v) is 13.3. The Bertz CT molecular complexity index is 437. The summed E-state index contributed by atoms with van der Waals surface area (Å²) in [5.74, 6) is 1.41. The van der Waals surface area contributed by atoms with Gasteiger partial charge in [-0.15, -0.1) is 0 Å². The van der Waals surface area contributed by atoms with E-state index in [9.17, 15) is 4.79 Å². The van der Waals surface area contributed by atoms with Crippen molar-refractivity contribution in [1.29, 1.82) is 0 Å². The first-order valence-electron chi connectivity index (χ1n) is 6.19. The van der Waals surface area contributed by atoms with E-state index >= 15 is 0 Å². The van der Waals surface area contributed by atoms with E-state index in [0.29, 0.717) is 5.75 Å². The number of amides is 1. The number of hydrogen-bond acceptors (Lipinski definition) is 3. The fraction of sp³-hybridized carbons (Fsp3) is 0.500. The molecule has 106 valence electrons. The molecule has 0 aliphatic heterocycles. The Balaban J connectivity index is 2.87. The fourth-order valence-corrected chi connectivity index (χ4v) is 1.88. The van der Waals surface area contributed by atoms with Crippen LogP contribution in [-0.2, 0) is 4.79 Å². The lowest BCUT2D eigenvalue weighted by molar-refractivity contribution is -0.121. The minimum absolute atomic E-state index is 0.0205. The van der Waals surface area contributed by atoms with Crippen LogP contribution in [0.15, 0.2) is 18.2 Å². The first-order chi connectivity index (χ1) is 9.03. The molecule has 2 atom stereocenters. The van der Waals surface area contributed by atoms with Gasteiger partial charge in [0, 0.05) is 11.6 Å². The molecule has 0 aliphatic carbocycles. The zero-order valence-electron chi connectivity index (χ0n) is 11.7. The molecular formula is C14H20BrNO3. The van der Waals surface area contributed by atoms with Crippen LogP contribution in [0.2, 0.25) is 0 Å². The first-order valence-corrected chi connectivity index (χ1v) is 7.11. The van der Waals surface area contributed by atoms with Gasteiger partial charge in [0.25, 0.3) is 0 Å². The van der Waals surface area contributed by atoms with Crippen molar-refractivity contribution < 1.29 is 14.3 Å². The van der Waals surface area contributed by atoms with Gasteiger partial charge in [-0.1, -0.05) is 22.9 Å². The third-order valence-corrected chi connectivity index (χ3v) is 3.97. The molecule has 0 heterocycles. The minimum atomic E-state index is -0.167. The normalized spacial score (nSPS) is 13.5. The molecule has 0 aliphatic rings. The van der Waals surface area contributed by atoms with E-state index in [1.165, 1.54) is 0 Å². The molecule has 0 radical (unpaired) electrons. The van der Waals surface area contributed by atoms with Crippen LogP contribution in [0.1, 0.15) is 31.9 Å². The number of carbonyl (C=O) groups excluding carboxylic acids is 1. The molecule has 0 saturated heterocycles. The molecular weight excluding hydrogens is 310 g/mol. The van der Waals surface area contributed by atoms with Gasteiger partial charge in [0.1, 0.15) is 11.5 Å². The number of rotatable bonds is 6. The Morgan fingerprint density at radius 1 is 1.37 bits per heavy atom. The van der Waals surface area contributed by atoms with E-state index in [-0.39, 0.29) is 16.8 Å². The summed E-state index contributed by atoms with van der Waals surface area (Å²) in [6, 6.07) is 5.44. The number of hydrogen-bond donors (Lipinski definition) is 1. The molecule has 1 aromatic rings. The molecule has 0 aromatic heterocycles. The Kier molecular flexibility index (Phi) is 6.15. The van der Waals surface area contributed by atoms with Gasteiger partial charge in [-0.05, 0) is 25.5 Å². The van der Waals surface area contributed by atoms with Crippen LogP contribution in [0.4, 0.5) is 0 Å². The summed E-state index contributed by atoms with van der Waals surface area (Å²) < 4.78 is 10.5. The summed E-state index contributed by atoms with van der Waals surface area (Å²) in [4.78, 5) is 11.7. The minimum Gasteiger partial charge on any atom is -0.497 e. The van der Waals surface area contributed by atoms with Crippen molar-refractivity contribution in [1.82, 2.24) is 5.32 Å². The highest BCUT2D eigenvalue weighted by Crippen LogP contribution is 2.29. The van der Waals surface area contributed by atoms with Crippen molar-refractivity contribution in [2.45, 2.75) is 31.1 Å². The predicted molar refractivity (Wildman–Crippen MR) is 79.1 cm³/mol. The topological polar surface area (TPSA) is 47.6 Å². The second-order valence-electron chi connectivity index (χ2n) is 4.21. The molecule has 19 heavy (non-hydrogen) atoms. The van der Waals surface area contributed by atoms with Crippen LogP contribution in [0, 0.1) is 0 Å². The van der Waals surface area contributed by atoms with Crippen LogP contribution in [0.3, 0.4) is 0 Å². The SMILES string of the molecule is CCC(Br)C(=O)NC(C)c1ccc(OC)cc1OC. The van der Waals surface area contributed by atoms with Crippen LogP contribution in [0.25, 0.3) is 0 Å². The molecule has 1 aromatic carbocycles. The highest BCUT2D eigenvalue weighted by atomic mass is 79.9. The van der Waals surface area contributed by atoms with Crippen molar-refractivity contribution in [3.8, 4) is 11.5 Å². The second-order valence-corrected chi connectivity index (χ2v) is 5.32. The van der Waals surface area contributed by atoms with Crippen LogP contribution in [-0.4, -0.2) is 25.0 Å². The smallest absolute Gasteiger partial charge is 0.234 e. The quantitative estimate of drug-likeness (QED) is 0.816. The van der Waals surface area contributed by atoms with Gasteiger partial charge in [-0.2, -0.15) is 0 Å². The monoisotopic (exact) mass is 329 g/mol. The number of alkyl halides is 1. The van der Waals surface area contributed by atoms with Gasteiger partial charge in [-0.3, -0.25) is 4.79 Å². The lowest BCUT2D eigenvalue weighted by atomic mass is 10.1. The molecule has 1 N–H and O–H groups in total. The molecule has 2 unspecified atom stereocenters. The predicted octanol–water partition coefficient (Wildman–Crippen LogP) is 3.05. The van der Waals surface area contributed by atoms with Gasteiger partial charge in [0.05, 0.1) is 25.1 Å². The number of methoxy groups -OCH3 is 2. The number of halogens is 1. The van der Waals surface area contributed by atoms with E-state index in [1.807, 2.05) is 32.0 Å². The maximum absolute atomic E-state index is 11.9. The Morgan fingerprint density at radius 3 is 2.58 bits per heavy atom. The van der Waals surface area contributed by atoms with Crippen LogP contribution >= 0.6 is 15.9 Å². The van der Waals surface area contributed by atoms with Crippen molar-refractivity contribution in [2.75, 3.05) is 14.2 Å². The lowest BCUT2D eigenvalue weighted by Gasteiger charge is -2.19. The summed E-state index contributed by atoms with van der Waals surface area (Å²) in [6.07, 6.45) is 0.748. The van der Waals surface area contributed by atoms with Crippen LogP contribution < -0.4 is 14.8 Å². The number of carbonyl (C=O) groups is 1. The lowest BCUT2D eigenvalue weighted by Crippen LogP contribution is -2.33. The van der Waals surface area contributed by atoms with E-state index in [1.54, 1.807) is 14.2 Å². The molecule has 0 spiro atoms. The molecule has 0 fully saturated rings. The number of ether oxygens (including phenoxy) is 2. The van der Waals surface area contributed by atoms with Gasteiger partial charge in [0.2, 0.25) is 5.91 Å². The van der Waals surface area contributed by atoms with Gasteiger partial charge in [0.15, 0.2) is 0 Å². The molecule has 0 bridgehead atoms. The number of nitrogens with one attached hydrogen (secondary N) is 1. The third-order valence-electron chi connectivity index (χ3n) is 2.91. The number of benzene rings is 1. The van der Waals surface area contributed by atoms with E-state index in [0.717, 1.165) is 17.7 Å². The second kappa shape index (κ2) is 7.38. The summed E-state index contributed by atoms with van der Waals surface area (Å²) in [5, 5.41) is 2.95. The third kappa shape index (κ3) is 4.13. The molecule has 5 heteroatoms. The van der Waals surface area contributed by atoms with Gasteiger partial charge in [-0.25, -0.2) is 0 Å². The standard InChI is InChI=1S/C14H20BrNO3/c1-5-12(15)14(17)16-9(2)11-7-6-10(18-3)8-13(11)19-4/h6-9,12H,5H2,1-4H3,(H,16,17). The van der Waals surface area contributed by atoms with Gasteiger partial charge >= 0.3 is 0 Å². The van der Waals surface area contributed by atoms with E-state index in [4.69, 9.17) is 9.47 Å². The summed E-state index contributed by atoms with van der Waals surface area (Å²) >= 11 is 3.34. The average molecular weight is 330 g/mol.